The lowest BCUT2D eigenvalue weighted by Gasteiger charge is -2.09. The standard InChI is InChI=1S/C20H22N2O4/c1-3-26-16-10-8-15(9-11-16)18(23)12-13-19(24)21-22-20(25)17-7-5-4-6-14(17)2/h4-11H,3,12-13H2,1-2H3,(H,21,24)(H,22,25). The van der Waals surface area contributed by atoms with Gasteiger partial charge >= 0.3 is 0 Å². The zero-order chi connectivity index (χ0) is 18.9. The molecule has 0 unspecified atom stereocenters. The number of carbonyl (C=O) groups excluding carboxylic acids is 3. The van der Waals surface area contributed by atoms with E-state index in [1.165, 1.54) is 0 Å². The molecule has 136 valence electrons. The van der Waals surface area contributed by atoms with Crippen LogP contribution in [0.1, 0.15) is 46.0 Å². The lowest BCUT2D eigenvalue weighted by molar-refractivity contribution is -0.121. The summed E-state index contributed by atoms with van der Waals surface area (Å²) in [6.07, 6.45) is 0.0418. The number of hydrogen-bond acceptors (Lipinski definition) is 4. The molecule has 0 saturated heterocycles. The highest BCUT2D eigenvalue weighted by atomic mass is 16.5. The second-order valence-electron chi connectivity index (χ2n) is 5.70. The average Bonchev–Trinajstić information content (AvgIpc) is 2.65. The lowest BCUT2D eigenvalue weighted by atomic mass is 10.1. The van der Waals surface area contributed by atoms with Gasteiger partial charge in [-0.05, 0) is 49.7 Å². The van der Waals surface area contributed by atoms with Gasteiger partial charge in [-0.15, -0.1) is 0 Å². The topological polar surface area (TPSA) is 84.5 Å². The third kappa shape index (κ3) is 5.44. The van der Waals surface area contributed by atoms with Gasteiger partial charge in [0.05, 0.1) is 6.61 Å². The van der Waals surface area contributed by atoms with E-state index in [9.17, 15) is 14.4 Å². The first-order valence-corrected chi connectivity index (χ1v) is 8.42. The van der Waals surface area contributed by atoms with E-state index in [1.54, 1.807) is 36.4 Å². The first kappa shape index (κ1) is 19.2. The van der Waals surface area contributed by atoms with Gasteiger partial charge < -0.3 is 4.74 Å². The molecule has 2 aromatic carbocycles. The molecule has 26 heavy (non-hydrogen) atoms. The van der Waals surface area contributed by atoms with Gasteiger partial charge in [0.1, 0.15) is 5.75 Å². The minimum absolute atomic E-state index is 0.0138. The number of ether oxygens (including phenoxy) is 1. The minimum Gasteiger partial charge on any atom is -0.494 e. The molecule has 0 heterocycles. The molecule has 0 bridgehead atoms. The fourth-order valence-corrected chi connectivity index (χ4v) is 2.36. The van der Waals surface area contributed by atoms with Crippen molar-refractivity contribution < 1.29 is 19.1 Å². The number of nitrogens with one attached hydrogen (secondary N) is 2. The van der Waals surface area contributed by atoms with Crippen molar-refractivity contribution in [2.45, 2.75) is 26.7 Å². The largest absolute Gasteiger partial charge is 0.494 e. The van der Waals surface area contributed by atoms with E-state index >= 15 is 0 Å². The first-order valence-electron chi connectivity index (χ1n) is 8.42. The Kier molecular flexibility index (Phi) is 6.91. The molecule has 0 atom stereocenters. The molecule has 0 aliphatic rings. The molecular formula is C20H22N2O4. The summed E-state index contributed by atoms with van der Waals surface area (Å²) >= 11 is 0. The number of hydrazine groups is 1. The maximum atomic E-state index is 12.1. The quantitative estimate of drug-likeness (QED) is 0.591. The molecule has 0 spiro atoms. The van der Waals surface area contributed by atoms with Gasteiger partial charge in [-0.25, -0.2) is 0 Å². The predicted molar refractivity (Wildman–Crippen MR) is 98.0 cm³/mol. The molecular weight excluding hydrogens is 332 g/mol. The minimum atomic E-state index is -0.425. The molecule has 2 aromatic rings. The average molecular weight is 354 g/mol. The summed E-state index contributed by atoms with van der Waals surface area (Å²) in [5, 5.41) is 0. The van der Waals surface area contributed by atoms with Gasteiger partial charge in [0.15, 0.2) is 5.78 Å². The molecule has 0 aliphatic carbocycles. The van der Waals surface area contributed by atoms with Gasteiger partial charge in [-0.2, -0.15) is 0 Å². The fourth-order valence-electron chi connectivity index (χ4n) is 2.36. The van der Waals surface area contributed by atoms with E-state index in [-0.39, 0.29) is 18.6 Å². The van der Waals surface area contributed by atoms with E-state index in [4.69, 9.17) is 4.74 Å². The number of ketones is 1. The van der Waals surface area contributed by atoms with Crippen molar-refractivity contribution in [1.29, 1.82) is 0 Å². The van der Waals surface area contributed by atoms with Gasteiger partial charge in [0.2, 0.25) is 5.91 Å². The number of amides is 2. The third-order valence-electron chi connectivity index (χ3n) is 3.77. The monoisotopic (exact) mass is 354 g/mol. The summed E-state index contributed by atoms with van der Waals surface area (Å²) in [4.78, 5) is 36.0. The van der Waals surface area contributed by atoms with Crippen LogP contribution in [0.3, 0.4) is 0 Å². The van der Waals surface area contributed by atoms with E-state index in [0.717, 1.165) is 5.56 Å². The van der Waals surface area contributed by atoms with Gasteiger partial charge in [0.25, 0.3) is 5.91 Å². The van der Waals surface area contributed by atoms with Crippen molar-refractivity contribution in [1.82, 2.24) is 10.9 Å². The van der Waals surface area contributed by atoms with Crippen LogP contribution in [0.15, 0.2) is 48.5 Å². The summed E-state index contributed by atoms with van der Waals surface area (Å²) in [6, 6.07) is 13.9. The van der Waals surface area contributed by atoms with Crippen LogP contribution in [0, 0.1) is 6.92 Å². The Bertz CT molecular complexity index is 785. The van der Waals surface area contributed by atoms with Crippen LogP contribution in [0.25, 0.3) is 0 Å². The van der Waals surface area contributed by atoms with Crippen molar-refractivity contribution >= 4 is 17.6 Å². The Hall–Kier alpha value is -3.15. The Morgan fingerprint density at radius 2 is 1.62 bits per heavy atom. The van der Waals surface area contributed by atoms with Crippen LogP contribution in [0.2, 0.25) is 0 Å². The van der Waals surface area contributed by atoms with Crippen molar-refractivity contribution in [3.05, 3.63) is 65.2 Å². The highest BCUT2D eigenvalue weighted by molar-refractivity contribution is 5.99. The number of benzene rings is 2. The molecule has 2 rings (SSSR count). The fraction of sp³-hybridized carbons (Fsp3) is 0.250. The molecule has 0 aromatic heterocycles. The molecule has 2 amide bonds. The highest BCUT2D eigenvalue weighted by Gasteiger charge is 2.12. The van der Waals surface area contributed by atoms with E-state index in [2.05, 4.69) is 10.9 Å². The maximum absolute atomic E-state index is 12.1. The van der Waals surface area contributed by atoms with Crippen molar-refractivity contribution in [2.24, 2.45) is 0 Å². The Labute approximate surface area is 152 Å². The van der Waals surface area contributed by atoms with Crippen LogP contribution in [-0.2, 0) is 4.79 Å². The van der Waals surface area contributed by atoms with Crippen molar-refractivity contribution in [3.8, 4) is 5.75 Å². The highest BCUT2D eigenvalue weighted by Crippen LogP contribution is 2.14. The molecule has 6 nitrogen and oxygen atoms in total. The number of rotatable bonds is 7. The summed E-state index contributed by atoms with van der Waals surface area (Å²) in [5.41, 5.74) is 6.50. The number of hydrogen-bond donors (Lipinski definition) is 2. The SMILES string of the molecule is CCOc1ccc(C(=O)CCC(=O)NNC(=O)c2ccccc2C)cc1. The summed E-state index contributed by atoms with van der Waals surface area (Å²) in [7, 11) is 0. The Morgan fingerprint density at radius 3 is 2.27 bits per heavy atom. The van der Waals surface area contributed by atoms with E-state index in [1.807, 2.05) is 26.0 Å². The normalized spacial score (nSPS) is 10.1. The molecule has 2 N–H and O–H groups in total. The first-order chi connectivity index (χ1) is 12.5. The van der Waals surface area contributed by atoms with Crippen LogP contribution in [0.5, 0.6) is 5.75 Å². The van der Waals surface area contributed by atoms with E-state index < -0.39 is 11.8 Å². The van der Waals surface area contributed by atoms with E-state index in [0.29, 0.717) is 23.5 Å². The van der Waals surface area contributed by atoms with Gasteiger partial charge in [-0.1, -0.05) is 18.2 Å². The predicted octanol–water partition coefficient (Wildman–Crippen LogP) is 2.82. The lowest BCUT2D eigenvalue weighted by Crippen LogP contribution is -2.41. The van der Waals surface area contributed by atoms with Gasteiger partial charge in [0, 0.05) is 24.0 Å². The smallest absolute Gasteiger partial charge is 0.269 e. The number of carbonyl (C=O) groups is 3. The Balaban J connectivity index is 1.78. The molecule has 0 aliphatic heterocycles. The molecule has 0 radical (unpaired) electrons. The van der Waals surface area contributed by atoms with Crippen LogP contribution in [-0.4, -0.2) is 24.2 Å². The molecule has 0 fully saturated rings. The second kappa shape index (κ2) is 9.36. The number of aryl methyl sites for hydroxylation is 1. The van der Waals surface area contributed by atoms with Crippen LogP contribution < -0.4 is 15.6 Å². The van der Waals surface area contributed by atoms with Crippen LogP contribution >= 0.6 is 0 Å². The second-order valence-corrected chi connectivity index (χ2v) is 5.70. The van der Waals surface area contributed by atoms with Crippen LogP contribution in [0.4, 0.5) is 0 Å². The molecule has 0 saturated carbocycles. The zero-order valence-corrected chi connectivity index (χ0v) is 14.9. The number of Topliss-reactive ketones (excluding diaryl/α,β-unsaturated/α-hetero) is 1. The zero-order valence-electron chi connectivity index (χ0n) is 14.9. The van der Waals surface area contributed by atoms with Gasteiger partial charge in [-0.3, -0.25) is 25.2 Å². The molecule has 6 heteroatoms. The Morgan fingerprint density at radius 1 is 0.923 bits per heavy atom. The summed E-state index contributed by atoms with van der Waals surface area (Å²) in [5.74, 6) is -0.269. The third-order valence-corrected chi connectivity index (χ3v) is 3.77. The summed E-state index contributed by atoms with van der Waals surface area (Å²) < 4.78 is 5.32. The summed E-state index contributed by atoms with van der Waals surface area (Å²) in [6.45, 7) is 4.25. The maximum Gasteiger partial charge on any atom is 0.269 e. The van der Waals surface area contributed by atoms with Crippen molar-refractivity contribution in [2.75, 3.05) is 6.61 Å². The van der Waals surface area contributed by atoms with Crippen molar-refractivity contribution in [3.63, 3.8) is 0 Å².